The number of carbonyl (C=O) groups is 1. The van der Waals surface area contributed by atoms with Crippen molar-refractivity contribution in [1.29, 1.82) is 0 Å². The van der Waals surface area contributed by atoms with Gasteiger partial charge in [0.15, 0.2) is 0 Å². The molecule has 172 valence electrons. The average Bonchev–Trinajstić information content (AvgIpc) is 3.28. The van der Waals surface area contributed by atoms with E-state index in [0.29, 0.717) is 30.7 Å². The Kier molecular flexibility index (Phi) is 6.84. The van der Waals surface area contributed by atoms with Crippen LogP contribution in [-0.4, -0.2) is 40.3 Å². The molecule has 4 rings (SSSR count). The van der Waals surface area contributed by atoms with Crippen LogP contribution >= 0.6 is 0 Å². The van der Waals surface area contributed by atoms with Crippen LogP contribution in [0, 0.1) is 5.82 Å². The minimum absolute atomic E-state index is 0.134. The molecule has 1 aromatic heterocycles. The van der Waals surface area contributed by atoms with E-state index in [-0.39, 0.29) is 29.7 Å². The lowest BCUT2D eigenvalue weighted by Crippen LogP contribution is -2.46. The van der Waals surface area contributed by atoms with Gasteiger partial charge in [-0.15, -0.1) is 0 Å². The van der Waals surface area contributed by atoms with Crippen molar-refractivity contribution in [2.24, 2.45) is 0 Å². The van der Waals surface area contributed by atoms with Crippen molar-refractivity contribution < 1.29 is 18.4 Å². The second kappa shape index (κ2) is 9.95. The van der Waals surface area contributed by atoms with Crippen molar-refractivity contribution in [2.45, 2.75) is 39.3 Å². The molecule has 0 aliphatic carbocycles. The second-order valence-corrected chi connectivity index (χ2v) is 8.15. The molecule has 8 heteroatoms. The lowest BCUT2D eigenvalue weighted by atomic mass is 9.94. The van der Waals surface area contributed by atoms with Crippen LogP contribution in [0.1, 0.15) is 44.7 Å². The zero-order valence-electron chi connectivity index (χ0n) is 18.9. The molecule has 0 saturated heterocycles. The summed E-state index contributed by atoms with van der Waals surface area (Å²) in [4.78, 5) is 19.2. The van der Waals surface area contributed by atoms with Gasteiger partial charge < -0.3 is 14.6 Å². The van der Waals surface area contributed by atoms with Gasteiger partial charge in [-0.1, -0.05) is 47.6 Å². The first-order valence-electron chi connectivity index (χ1n) is 11.0. The molecule has 0 fully saturated rings. The Labute approximate surface area is 192 Å². The third kappa shape index (κ3) is 5.12. The van der Waals surface area contributed by atoms with Gasteiger partial charge in [0.25, 0.3) is 5.89 Å². The standard InChI is InChI=1S/C25H27FN4O3/c1-16(2)32-14-8-13-30-17(3)21(22(27-25(30)31)18-9-5-4-6-10-18)24-28-23(29-33-24)19-11-7-12-20(26)15-19/h4-7,9-12,15-16,22H,8,13-14H2,1-3H3,(H,27,31). The maximum Gasteiger partial charge on any atom is 0.322 e. The fourth-order valence-electron chi connectivity index (χ4n) is 3.84. The Morgan fingerprint density at radius 2 is 1.97 bits per heavy atom. The van der Waals surface area contributed by atoms with Crippen LogP contribution in [0.25, 0.3) is 17.0 Å². The highest BCUT2D eigenvalue weighted by atomic mass is 19.1. The summed E-state index contributed by atoms with van der Waals surface area (Å²) in [6.45, 7) is 6.87. The molecule has 0 saturated carbocycles. The molecule has 0 spiro atoms. The van der Waals surface area contributed by atoms with Crippen LogP contribution < -0.4 is 5.32 Å². The van der Waals surface area contributed by atoms with E-state index in [1.165, 1.54) is 12.1 Å². The smallest absolute Gasteiger partial charge is 0.322 e. The highest BCUT2D eigenvalue weighted by molar-refractivity contribution is 5.86. The summed E-state index contributed by atoms with van der Waals surface area (Å²) < 4.78 is 24.9. The molecule has 3 aromatic rings. The predicted molar refractivity (Wildman–Crippen MR) is 122 cm³/mol. The number of aromatic nitrogens is 2. The predicted octanol–water partition coefficient (Wildman–Crippen LogP) is 5.19. The van der Waals surface area contributed by atoms with Gasteiger partial charge in [0.1, 0.15) is 5.82 Å². The van der Waals surface area contributed by atoms with Crippen LogP contribution in [0.3, 0.4) is 0 Å². The van der Waals surface area contributed by atoms with Crippen molar-refractivity contribution in [2.75, 3.05) is 13.2 Å². The Balaban J connectivity index is 1.70. The molecular formula is C25H27FN4O3. The molecule has 1 unspecified atom stereocenters. The van der Waals surface area contributed by atoms with Gasteiger partial charge in [0, 0.05) is 24.4 Å². The van der Waals surface area contributed by atoms with Gasteiger partial charge in [-0.2, -0.15) is 4.98 Å². The number of nitrogens with one attached hydrogen (secondary N) is 1. The van der Waals surface area contributed by atoms with E-state index in [4.69, 9.17) is 9.26 Å². The number of allylic oxidation sites excluding steroid dienone is 1. The van der Waals surface area contributed by atoms with Gasteiger partial charge in [-0.05, 0) is 44.9 Å². The first-order valence-corrected chi connectivity index (χ1v) is 11.0. The lowest BCUT2D eigenvalue weighted by Gasteiger charge is -2.35. The molecule has 33 heavy (non-hydrogen) atoms. The van der Waals surface area contributed by atoms with Crippen molar-refractivity contribution in [3.05, 3.63) is 77.6 Å². The maximum atomic E-state index is 13.7. The van der Waals surface area contributed by atoms with Crippen LogP contribution in [0.4, 0.5) is 9.18 Å². The topological polar surface area (TPSA) is 80.5 Å². The van der Waals surface area contributed by atoms with E-state index in [1.807, 2.05) is 51.1 Å². The minimum atomic E-state index is -0.456. The van der Waals surface area contributed by atoms with E-state index in [0.717, 1.165) is 11.3 Å². The Hall–Kier alpha value is -3.52. The van der Waals surface area contributed by atoms with Gasteiger partial charge in [0.2, 0.25) is 5.82 Å². The summed E-state index contributed by atoms with van der Waals surface area (Å²) in [7, 11) is 0. The van der Waals surface area contributed by atoms with E-state index < -0.39 is 6.04 Å². The number of carbonyl (C=O) groups excluding carboxylic acids is 1. The number of hydrogen-bond donors (Lipinski definition) is 1. The molecular weight excluding hydrogens is 423 g/mol. The summed E-state index contributed by atoms with van der Waals surface area (Å²) in [6, 6.07) is 15.0. The summed E-state index contributed by atoms with van der Waals surface area (Å²) in [6.07, 6.45) is 0.819. The Bertz CT molecular complexity index is 1140. The van der Waals surface area contributed by atoms with Crippen molar-refractivity contribution in [3.8, 4) is 11.4 Å². The molecule has 2 amide bonds. The number of nitrogens with zero attached hydrogens (tertiary/aromatic N) is 3. The number of urea groups is 1. The fourth-order valence-corrected chi connectivity index (χ4v) is 3.84. The molecule has 7 nitrogen and oxygen atoms in total. The molecule has 0 bridgehead atoms. The lowest BCUT2D eigenvalue weighted by molar-refractivity contribution is 0.0736. The van der Waals surface area contributed by atoms with Crippen LogP contribution in [0.2, 0.25) is 0 Å². The molecule has 1 N–H and O–H groups in total. The first kappa shape index (κ1) is 22.7. The number of amides is 2. The summed E-state index contributed by atoms with van der Waals surface area (Å²) in [5.41, 5.74) is 2.85. The molecule has 1 aliphatic heterocycles. The Morgan fingerprint density at radius 1 is 1.18 bits per heavy atom. The summed E-state index contributed by atoms with van der Waals surface area (Å²) in [5, 5.41) is 7.14. The monoisotopic (exact) mass is 450 g/mol. The Morgan fingerprint density at radius 3 is 2.70 bits per heavy atom. The van der Waals surface area contributed by atoms with Crippen LogP contribution in [-0.2, 0) is 4.74 Å². The normalized spacial score (nSPS) is 16.5. The SMILES string of the molecule is CC1=C(c2nc(-c3cccc(F)c3)no2)C(c2ccccc2)NC(=O)N1CCCOC(C)C. The highest BCUT2D eigenvalue weighted by Crippen LogP contribution is 2.37. The van der Waals surface area contributed by atoms with E-state index >= 15 is 0 Å². The number of ether oxygens (including phenoxy) is 1. The number of rotatable bonds is 8. The quantitative estimate of drug-likeness (QED) is 0.478. The number of hydrogen-bond acceptors (Lipinski definition) is 5. The van der Waals surface area contributed by atoms with Gasteiger partial charge >= 0.3 is 6.03 Å². The summed E-state index contributed by atoms with van der Waals surface area (Å²) >= 11 is 0. The maximum absolute atomic E-state index is 13.7. The largest absolute Gasteiger partial charge is 0.379 e. The molecule has 1 aliphatic rings. The van der Waals surface area contributed by atoms with Crippen LogP contribution in [0.15, 0.2) is 64.8 Å². The zero-order valence-corrected chi connectivity index (χ0v) is 18.9. The first-order chi connectivity index (χ1) is 15.9. The molecule has 1 atom stereocenters. The van der Waals surface area contributed by atoms with Gasteiger partial charge in [-0.25, -0.2) is 9.18 Å². The minimum Gasteiger partial charge on any atom is -0.379 e. The molecule has 0 radical (unpaired) electrons. The van der Waals surface area contributed by atoms with Crippen molar-refractivity contribution in [3.63, 3.8) is 0 Å². The average molecular weight is 451 g/mol. The van der Waals surface area contributed by atoms with E-state index in [1.54, 1.807) is 17.0 Å². The third-order valence-corrected chi connectivity index (χ3v) is 5.45. The number of benzene rings is 2. The summed E-state index contributed by atoms with van der Waals surface area (Å²) in [5.74, 6) is 0.186. The third-order valence-electron chi connectivity index (χ3n) is 5.45. The fraction of sp³-hybridized carbons (Fsp3) is 0.320. The van der Waals surface area contributed by atoms with Gasteiger partial charge in [0.05, 0.1) is 17.7 Å². The van der Waals surface area contributed by atoms with Crippen molar-refractivity contribution >= 4 is 11.6 Å². The molecule has 2 heterocycles. The van der Waals surface area contributed by atoms with E-state index in [2.05, 4.69) is 15.5 Å². The highest BCUT2D eigenvalue weighted by Gasteiger charge is 2.35. The van der Waals surface area contributed by atoms with E-state index in [9.17, 15) is 9.18 Å². The molecule has 2 aromatic carbocycles. The van der Waals surface area contributed by atoms with Gasteiger partial charge in [-0.3, -0.25) is 4.90 Å². The van der Waals surface area contributed by atoms with Crippen molar-refractivity contribution in [1.82, 2.24) is 20.4 Å². The number of halogens is 1. The van der Waals surface area contributed by atoms with Crippen LogP contribution in [0.5, 0.6) is 0 Å². The zero-order chi connectivity index (χ0) is 23.4. The second-order valence-electron chi connectivity index (χ2n) is 8.15.